The van der Waals surface area contributed by atoms with E-state index >= 15 is 0 Å². The summed E-state index contributed by atoms with van der Waals surface area (Å²) >= 11 is 0. The van der Waals surface area contributed by atoms with Gasteiger partial charge in [0.2, 0.25) is 0 Å². The second kappa shape index (κ2) is 5.64. The fraction of sp³-hybridized carbons (Fsp3) is 0.357. The van der Waals surface area contributed by atoms with E-state index in [1.54, 1.807) is 0 Å². The largest absolute Gasteiger partial charge is 0.486 e. The van der Waals surface area contributed by atoms with E-state index in [2.05, 4.69) is 11.4 Å². The van der Waals surface area contributed by atoms with Gasteiger partial charge in [0.25, 0.3) is 0 Å². The van der Waals surface area contributed by atoms with Gasteiger partial charge < -0.3 is 10.1 Å². The molecular formula is C14H17NO2. The molecule has 1 N–H and O–H groups in total. The Balaban J connectivity index is 2.02. The molecule has 3 heteroatoms. The summed E-state index contributed by atoms with van der Waals surface area (Å²) in [4.78, 5) is 10.8. The number of hydrogen-bond acceptors (Lipinski definition) is 3. The monoisotopic (exact) mass is 231 g/mol. The number of carbonyl (C=O) groups is 1. The Labute approximate surface area is 101 Å². The van der Waals surface area contributed by atoms with Gasteiger partial charge in [0.15, 0.2) is 5.78 Å². The molecule has 0 spiro atoms. The molecule has 0 fully saturated rings. The lowest BCUT2D eigenvalue weighted by atomic mass is 10.0. The van der Waals surface area contributed by atoms with Crippen molar-refractivity contribution < 1.29 is 9.53 Å². The molecule has 3 nitrogen and oxygen atoms in total. The van der Waals surface area contributed by atoms with Gasteiger partial charge >= 0.3 is 0 Å². The molecule has 1 aromatic carbocycles. The van der Waals surface area contributed by atoms with Crippen LogP contribution in [-0.4, -0.2) is 25.5 Å². The van der Waals surface area contributed by atoms with E-state index in [4.69, 9.17) is 4.74 Å². The predicted molar refractivity (Wildman–Crippen MR) is 68.1 cm³/mol. The van der Waals surface area contributed by atoms with Crippen molar-refractivity contribution in [3.63, 3.8) is 0 Å². The Morgan fingerprint density at radius 2 is 2.12 bits per heavy atom. The fourth-order valence-corrected chi connectivity index (χ4v) is 1.83. The molecule has 1 aliphatic rings. The maximum Gasteiger partial charge on any atom is 0.167 e. The predicted octanol–water partition coefficient (Wildman–Crippen LogP) is 2.03. The van der Waals surface area contributed by atoms with Crippen LogP contribution in [0.1, 0.15) is 18.9 Å². The average Bonchev–Trinajstić information content (AvgIpc) is 2.38. The first-order valence-electron chi connectivity index (χ1n) is 5.88. The lowest BCUT2D eigenvalue weighted by Gasteiger charge is -2.14. The van der Waals surface area contributed by atoms with Gasteiger partial charge in [-0.3, -0.25) is 4.79 Å². The number of ether oxygens (including phenoxy) is 1. The first-order valence-corrected chi connectivity index (χ1v) is 5.88. The van der Waals surface area contributed by atoms with Crippen molar-refractivity contribution >= 4 is 11.4 Å². The summed E-state index contributed by atoms with van der Waals surface area (Å²) < 4.78 is 5.33. The highest BCUT2D eigenvalue weighted by Crippen LogP contribution is 2.22. The van der Waals surface area contributed by atoms with Crippen molar-refractivity contribution in [3.05, 3.63) is 35.9 Å². The van der Waals surface area contributed by atoms with Crippen LogP contribution in [0.4, 0.5) is 0 Å². The van der Waals surface area contributed by atoms with Gasteiger partial charge in [0.1, 0.15) is 12.4 Å². The molecule has 17 heavy (non-hydrogen) atoms. The Hall–Kier alpha value is -1.61. The minimum atomic E-state index is 0.0372. The van der Waals surface area contributed by atoms with Gasteiger partial charge in [-0.1, -0.05) is 18.2 Å². The summed E-state index contributed by atoms with van der Waals surface area (Å²) in [7, 11) is 0. The third-order valence-corrected chi connectivity index (χ3v) is 2.73. The summed E-state index contributed by atoms with van der Waals surface area (Å²) in [6.07, 6.45) is 3.28. The van der Waals surface area contributed by atoms with Crippen LogP contribution in [0.15, 0.2) is 30.3 Å². The maximum absolute atomic E-state index is 10.8. The molecule has 0 aromatic heterocycles. The Morgan fingerprint density at radius 1 is 1.35 bits per heavy atom. The first kappa shape index (κ1) is 11.9. The molecule has 0 saturated carbocycles. The third kappa shape index (κ3) is 3.43. The molecule has 0 radical (unpaired) electrons. The quantitative estimate of drug-likeness (QED) is 0.861. The highest BCUT2D eigenvalue weighted by Gasteiger charge is 2.05. The Kier molecular flexibility index (Phi) is 3.94. The van der Waals surface area contributed by atoms with E-state index < -0.39 is 0 Å². The van der Waals surface area contributed by atoms with Crippen LogP contribution in [-0.2, 0) is 4.79 Å². The van der Waals surface area contributed by atoms with Crippen molar-refractivity contribution in [1.29, 1.82) is 0 Å². The van der Waals surface area contributed by atoms with Crippen molar-refractivity contribution in [3.8, 4) is 5.75 Å². The molecular weight excluding hydrogens is 214 g/mol. The normalized spacial score (nSPS) is 15.2. The molecule has 0 bridgehead atoms. The molecule has 2 rings (SSSR count). The molecule has 0 atom stereocenters. The number of rotatable bonds is 4. The van der Waals surface area contributed by atoms with Crippen molar-refractivity contribution in [2.75, 3.05) is 19.7 Å². The maximum atomic E-state index is 10.8. The Bertz CT molecular complexity index is 420. The van der Waals surface area contributed by atoms with Crippen LogP contribution in [0.2, 0.25) is 0 Å². The van der Waals surface area contributed by atoms with E-state index in [1.807, 2.05) is 24.3 Å². The topological polar surface area (TPSA) is 38.3 Å². The number of Topliss-reactive ketones (excluding diaryl/α,β-unsaturated/α-hetero) is 1. The van der Waals surface area contributed by atoms with Crippen LogP contribution in [0, 0.1) is 0 Å². The van der Waals surface area contributed by atoms with Gasteiger partial charge in [0, 0.05) is 6.54 Å². The van der Waals surface area contributed by atoms with Gasteiger partial charge in [-0.25, -0.2) is 0 Å². The second-order valence-corrected chi connectivity index (χ2v) is 4.20. The molecule has 1 aliphatic heterocycles. The van der Waals surface area contributed by atoms with Crippen LogP contribution >= 0.6 is 0 Å². The molecule has 1 heterocycles. The van der Waals surface area contributed by atoms with Gasteiger partial charge in [0.05, 0.1) is 0 Å². The number of carbonyl (C=O) groups excluding carboxylic acids is 1. The smallest absolute Gasteiger partial charge is 0.167 e. The standard InChI is InChI=1S/C14H17NO2/c1-11(16)10-17-14-4-2-12(3-5-14)13-6-8-15-9-7-13/h2-6,15H,7-10H2,1H3. The molecule has 0 unspecified atom stereocenters. The number of hydrogen-bond donors (Lipinski definition) is 1. The highest BCUT2D eigenvalue weighted by molar-refractivity contribution is 5.77. The summed E-state index contributed by atoms with van der Waals surface area (Å²) in [6, 6.07) is 7.93. The van der Waals surface area contributed by atoms with Crippen LogP contribution in [0.25, 0.3) is 5.57 Å². The lowest BCUT2D eigenvalue weighted by Crippen LogP contribution is -2.19. The van der Waals surface area contributed by atoms with Crippen molar-refractivity contribution in [1.82, 2.24) is 5.32 Å². The zero-order valence-electron chi connectivity index (χ0n) is 10.0. The fourth-order valence-electron chi connectivity index (χ4n) is 1.83. The van der Waals surface area contributed by atoms with E-state index in [9.17, 15) is 4.79 Å². The molecule has 1 aromatic rings. The number of nitrogens with one attached hydrogen (secondary N) is 1. The van der Waals surface area contributed by atoms with Gasteiger partial charge in [-0.15, -0.1) is 0 Å². The summed E-state index contributed by atoms with van der Waals surface area (Å²) in [6.45, 7) is 3.65. The van der Waals surface area contributed by atoms with Crippen molar-refractivity contribution in [2.24, 2.45) is 0 Å². The third-order valence-electron chi connectivity index (χ3n) is 2.73. The highest BCUT2D eigenvalue weighted by atomic mass is 16.5. The van der Waals surface area contributed by atoms with E-state index in [1.165, 1.54) is 18.1 Å². The second-order valence-electron chi connectivity index (χ2n) is 4.20. The Morgan fingerprint density at radius 3 is 2.71 bits per heavy atom. The average molecular weight is 231 g/mol. The SMILES string of the molecule is CC(=O)COc1ccc(C2=CCNCC2)cc1. The lowest BCUT2D eigenvalue weighted by molar-refractivity contribution is -0.118. The van der Waals surface area contributed by atoms with Gasteiger partial charge in [-0.05, 0) is 43.2 Å². The molecule has 0 aliphatic carbocycles. The van der Waals surface area contributed by atoms with Gasteiger partial charge in [-0.2, -0.15) is 0 Å². The zero-order valence-corrected chi connectivity index (χ0v) is 10.0. The van der Waals surface area contributed by atoms with E-state index in [0.717, 1.165) is 25.3 Å². The van der Waals surface area contributed by atoms with Crippen molar-refractivity contribution in [2.45, 2.75) is 13.3 Å². The van der Waals surface area contributed by atoms with Crippen LogP contribution in [0.3, 0.4) is 0 Å². The van der Waals surface area contributed by atoms with Crippen LogP contribution < -0.4 is 10.1 Å². The summed E-state index contributed by atoms with van der Waals surface area (Å²) in [5.41, 5.74) is 2.61. The van der Waals surface area contributed by atoms with E-state index in [0.29, 0.717) is 0 Å². The molecule has 0 amide bonds. The number of ketones is 1. The summed E-state index contributed by atoms with van der Waals surface area (Å²) in [5.74, 6) is 0.786. The van der Waals surface area contributed by atoms with E-state index in [-0.39, 0.29) is 12.4 Å². The van der Waals surface area contributed by atoms with Crippen LogP contribution in [0.5, 0.6) is 5.75 Å². The summed E-state index contributed by atoms with van der Waals surface area (Å²) in [5, 5.41) is 3.29. The first-order chi connectivity index (χ1) is 8.25. The zero-order chi connectivity index (χ0) is 12.1. The molecule has 0 saturated heterocycles. The minimum absolute atomic E-state index is 0.0372. The number of benzene rings is 1. The minimum Gasteiger partial charge on any atom is -0.486 e. The molecule has 90 valence electrons.